The van der Waals surface area contributed by atoms with Crippen LogP contribution in [0.2, 0.25) is 0 Å². The van der Waals surface area contributed by atoms with Gasteiger partial charge in [-0.1, -0.05) is 18.6 Å². The van der Waals surface area contributed by atoms with Crippen molar-refractivity contribution < 1.29 is 5.11 Å². The molecule has 2 aromatic heterocycles. The summed E-state index contributed by atoms with van der Waals surface area (Å²) in [5, 5.41) is 13.1. The Hall–Kier alpha value is -2.34. The molecule has 0 radical (unpaired) electrons. The maximum Gasteiger partial charge on any atom is 0.222 e. The van der Waals surface area contributed by atoms with Crippen molar-refractivity contribution in [3.63, 3.8) is 0 Å². The molecule has 0 spiro atoms. The average molecular weight is 327 g/mol. The SMILES string of the molecule is CCNc1nccc(CCCCC(O)/C=C/c2cnc(C)nc2)n1. The van der Waals surface area contributed by atoms with E-state index in [1.807, 2.05) is 26.0 Å². The van der Waals surface area contributed by atoms with Crippen LogP contribution in [0.4, 0.5) is 5.95 Å². The van der Waals surface area contributed by atoms with Gasteiger partial charge in [0, 0.05) is 36.4 Å². The normalized spacial score (nSPS) is 12.5. The van der Waals surface area contributed by atoms with Crippen LogP contribution in [0.25, 0.3) is 6.08 Å². The van der Waals surface area contributed by atoms with Crippen LogP contribution in [-0.4, -0.2) is 37.7 Å². The van der Waals surface area contributed by atoms with E-state index in [1.54, 1.807) is 24.7 Å². The molecule has 6 heteroatoms. The largest absolute Gasteiger partial charge is 0.389 e. The molecule has 0 aliphatic heterocycles. The van der Waals surface area contributed by atoms with E-state index < -0.39 is 6.10 Å². The monoisotopic (exact) mass is 327 g/mol. The summed E-state index contributed by atoms with van der Waals surface area (Å²) in [5.74, 6) is 1.42. The Morgan fingerprint density at radius 3 is 2.75 bits per heavy atom. The predicted molar refractivity (Wildman–Crippen MR) is 95.6 cm³/mol. The lowest BCUT2D eigenvalue weighted by atomic mass is 10.1. The van der Waals surface area contributed by atoms with Gasteiger partial charge in [-0.25, -0.2) is 19.9 Å². The maximum atomic E-state index is 10.0. The number of aromatic nitrogens is 4. The minimum absolute atomic E-state index is 0.450. The van der Waals surface area contributed by atoms with Gasteiger partial charge in [0.15, 0.2) is 0 Å². The Balaban J connectivity index is 1.69. The average Bonchev–Trinajstić information content (AvgIpc) is 2.59. The van der Waals surface area contributed by atoms with Crippen LogP contribution in [0.3, 0.4) is 0 Å². The Kier molecular flexibility index (Phi) is 7.29. The number of nitrogens with one attached hydrogen (secondary N) is 1. The molecular weight excluding hydrogens is 302 g/mol. The summed E-state index contributed by atoms with van der Waals surface area (Å²) < 4.78 is 0. The lowest BCUT2D eigenvalue weighted by Crippen LogP contribution is -2.04. The summed E-state index contributed by atoms with van der Waals surface area (Å²) in [6, 6.07) is 1.94. The van der Waals surface area contributed by atoms with Gasteiger partial charge < -0.3 is 10.4 Å². The van der Waals surface area contributed by atoms with Crippen molar-refractivity contribution in [2.24, 2.45) is 0 Å². The molecule has 0 amide bonds. The van der Waals surface area contributed by atoms with Gasteiger partial charge in [-0.15, -0.1) is 0 Å². The molecule has 2 N–H and O–H groups in total. The van der Waals surface area contributed by atoms with Crippen LogP contribution in [0.15, 0.2) is 30.7 Å². The van der Waals surface area contributed by atoms with Gasteiger partial charge in [-0.2, -0.15) is 0 Å². The maximum absolute atomic E-state index is 10.0. The number of hydrogen-bond donors (Lipinski definition) is 2. The number of hydrogen-bond acceptors (Lipinski definition) is 6. The molecule has 0 saturated heterocycles. The number of nitrogens with zero attached hydrogens (tertiary/aromatic N) is 4. The van der Waals surface area contributed by atoms with E-state index in [4.69, 9.17) is 0 Å². The topological polar surface area (TPSA) is 83.8 Å². The summed E-state index contributed by atoms with van der Waals surface area (Å²) in [6.07, 6.45) is 12.0. The first-order chi connectivity index (χ1) is 11.7. The van der Waals surface area contributed by atoms with Crippen LogP contribution >= 0.6 is 0 Å². The van der Waals surface area contributed by atoms with E-state index in [0.29, 0.717) is 5.95 Å². The number of anilines is 1. The molecule has 128 valence electrons. The Bertz CT molecular complexity index is 642. The molecule has 2 heterocycles. The second kappa shape index (κ2) is 9.72. The highest BCUT2D eigenvalue weighted by molar-refractivity contribution is 5.46. The van der Waals surface area contributed by atoms with E-state index in [9.17, 15) is 5.11 Å². The summed E-state index contributed by atoms with van der Waals surface area (Å²) in [5.41, 5.74) is 1.93. The van der Waals surface area contributed by atoms with Crippen LogP contribution in [-0.2, 0) is 6.42 Å². The molecule has 1 unspecified atom stereocenters. The van der Waals surface area contributed by atoms with Crippen molar-refractivity contribution >= 4 is 12.0 Å². The number of aliphatic hydroxyl groups excluding tert-OH is 1. The van der Waals surface area contributed by atoms with Crippen molar-refractivity contribution in [2.45, 2.75) is 45.6 Å². The van der Waals surface area contributed by atoms with E-state index in [0.717, 1.165) is 49.3 Å². The standard InChI is InChI=1S/C18H25N5O/c1-3-19-18-20-11-10-16(23-18)6-4-5-7-17(24)9-8-15-12-21-14(2)22-13-15/h8-13,17,24H,3-7H2,1-2H3,(H,19,20,23)/b9-8+. The molecule has 2 rings (SSSR count). The highest BCUT2D eigenvalue weighted by atomic mass is 16.3. The Morgan fingerprint density at radius 2 is 2.00 bits per heavy atom. The first kappa shape index (κ1) is 18.0. The molecule has 2 aromatic rings. The summed E-state index contributed by atoms with van der Waals surface area (Å²) >= 11 is 0. The Labute approximate surface area is 143 Å². The van der Waals surface area contributed by atoms with Crippen molar-refractivity contribution in [1.29, 1.82) is 0 Å². The fourth-order valence-corrected chi connectivity index (χ4v) is 2.25. The third-order valence-corrected chi connectivity index (χ3v) is 3.54. The number of rotatable bonds is 9. The fraction of sp³-hybridized carbons (Fsp3) is 0.444. The van der Waals surface area contributed by atoms with Crippen molar-refractivity contribution in [1.82, 2.24) is 19.9 Å². The van der Waals surface area contributed by atoms with E-state index >= 15 is 0 Å². The first-order valence-corrected chi connectivity index (χ1v) is 8.38. The molecule has 6 nitrogen and oxygen atoms in total. The van der Waals surface area contributed by atoms with Gasteiger partial charge in [0.05, 0.1) is 6.10 Å². The van der Waals surface area contributed by atoms with Crippen molar-refractivity contribution in [3.05, 3.63) is 47.8 Å². The van der Waals surface area contributed by atoms with Crippen molar-refractivity contribution in [2.75, 3.05) is 11.9 Å². The lowest BCUT2D eigenvalue weighted by molar-refractivity contribution is 0.209. The quantitative estimate of drug-likeness (QED) is 0.689. The number of unbranched alkanes of at least 4 members (excludes halogenated alkanes) is 1. The second-order valence-corrected chi connectivity index (χ2v) is 5.64. The zero-order chi connectivity index (χ0) is 17.2. The van der Waals surface area contributed by atoms with Gasteiger partial charge in [-0.3, -0.25) is 0 Å². The highest BCUT2D eigenvalue weighted by Crippen LogP contribution is 2.09. The molecule has 0 saturated carbocycles. The van der Waals surface area contributed by atoms with Crippen molar-refractivity contribution in [3.8, 4) is 0 Å². The molecule has 0 fully saturated rings. The van der Waals surface area contributed by atoms with Gasteiger partial charge in [0.1, 0.15) is 5.82 Å². The molecule has 24 heavy (non-hydrogen) atoms. The summed E-state index contributed by atoms with van der Waals surface area (Å²) in [6.45, 7) is 4.68. The van der Waals surface area contributed by atoms with Crippen LogP contribution in [0.5, 0.6) is 0 Å². The lowest BCUT2D eigenvalue weighted by Gasteiger charge is -2.06. The molecular formula is C18H25N5O. The molecule has 0 aromatic carbocycles. The van der Waals surface area contributed by atoms with Crippen LogP contribution in [0.1, 0.15) is 43.3 Å². The summed E-state index contributed by atoms with van der Waals surface area (Å²) in [7, 11) is 0. The van der Waals surface area contributed by atoms with Gasteiger partial charge in [0.2, 0.25) is 5.95 Å². The number of aliphatic hydroxyl groups is 1. The Morgan fingerprint density at radius 1 is 1.21 bits per heavy atom. The fourth-order valence-electron chi connectivity index (χ4n) is 2.25. The molecule has 0 aliphatic carbocycles. The molecule has 0 aliphatic rings. The first-order valence-electron chi connectivity index (χ1n) is 8.38. The smallest absolute Gasteiger partial charge is 0.222 e. The third kappa shape index (κ3) is 6.42. The highest BCUT2D eigenvalue weighted by Gasteiger charge is 2.02. The van der Waals surface area contributed by atoms with E-state index in [2.05, 4.69) is 25.3 Å². The molecule has 1 atom stereocenters. The van der Waals surface area contributed by atoms with E-state index in [1.165, 1.54) is 0 Å². The zero-order valence-corrected chi connectivity index (χ0v) is 14.3. The number of aryl methyl sites for hydroxylation is 2. The van der Waals surface area contributed by atoms with E-state index in [-0.39, 0.29) is 0 Å². The van der Waals surface area contributed by atoms with Gasteiger partial charge in [0.25, 0.3) is 0 Å². The van der Waals surface area contributed by atoms with Gasteiger partial charge >= 0.3 is 0 Å². The van der Waals surface area contributed by atoms with Crippen LogP contribution in [0, 0.1) is 6.92 Å². The minimum Gasteiger partial charge on any atom is -0.389 e. The van der Waals surface area contributed by atoms with Crippen LogP contribution < -0.4 is 5.32 Å². The third-order valence-electron chi connectivity index (χ3n) is 3.54. The minimum atomic E-state index is -0.450. The summed E-state index contributed by atoms with van der Waals surface area (Å²) in [4.78, 5) is 16.9. The van der Waals surface area contributed by atoms with Gasteiger partial charge in [-0.05, 0) is 39.2 Å². The zero-order valence-electron chi connectivity index (χ0n) is 14.3. The molecule has 0 bridgehead atoms. The predicted octanol–water partition coefficient (Wildman–Crippen LogP) is 2.79. The second-order valence-electron chi connectivity index (χ2n) is 5.64.